The molecule has 0 bridgehead atoms. The third-order valence-electron chi connectivity index (χ3n) is 4.39. The molecule has 2 fully saturated rings. The molecule has 0 radical (unpaired) electrons. The molecule has 0 aromatic carbocycles. The highest BCUT2D eigenvalue weighted by Gasteiger charge is 2.24. The summed E-state index contributed by atoms with van der Waals surface area (Å²) in [5, 5.41) is 6.32. The van der Waals surface area contributed by atoms with Crippen LogP contribution >= 0.6 is 0 Å². The van der Waals surface area contributed by atoms with Crippen LogP contribution in [0.15, 0.2) is 0 Å². The van der Waals surface area contributed by atoms with Gasteiger partial charge in [-0.05, 0) is 64.7 Å². The van der Waals surface area contributed by atoms with E-state index in [0.717, 1.165) is 32.0 Å². The number of rotatable bonds is 5. The van der Waals surface area contributed by atoms with Gasteiger partial charge in [0.2, 0.25) is 5.91 Å². The van der Waals surface area contributed by atoms with E-state index in [1.165, 1.54) is 38.8 Å². The Kier molecular flexibility index (Phi) is 5.45. The third-order valence-corrected chi connectivity index (χ3v) is 4.39. The van der Waals surface area contributed by atoms with Gasteiger partial charge in [-0.2, -0.15) is 0 Å². The van der Waals surface area contributed by atoms with Crippen molar-refractivity contribution in [3.63, 3.8) is 0 Å². The lowest BCUT2D eigenvalue weighted by atomic mass is 9.95. The van der Waals surface area contributed by atoms with Gasteiger partial charge in [0.25, 0.3) is 0 Å². The molecule has 4 nitrogen and oxygen atoms in total. The van der Waals surface area contributed by atoms with Gasteiger partial charge >= 0.3 is 0 Å². The first kappa shape index (κ1) is 13.8. The Morgan fingerprint density at radius 3 is 2.72 bits per heavy atom. The number of nitrogens with zero attached hydrogens (tertiary/aromatic N) is 1. The van der Waals surface area contributed by atoms with Crippen LogP contribution in [0.25, 0.3) is 0 Å². The van der Waals surface area contributed by atoms with E-state index < -0.39 is 0 Å². The van der Waals surface area contributed by atoms with E-state index >= 15 is 0 Å². The first-order valence-electron chi connectivity index (χ1n) is 7.47. The van der Waals surface area contributed by atoms with Crippen molar-refractivity contribution in [1.82, 2.24) is 15.5 Å². The Balaban J connectivity index is 1.57. The zero-order chi connectivity index (χ0) is 12.8. The van der Waals surface area contributed by atoms with Crippen LogP contribution in [0.5, 0.6) is 0 Å². The van der Waals surface area contributed by atoms with Crippen molar-refractivity contribution in [1.29, 1.82) is 0 Å². The van der Waals surface area contributed by atoms with Crippen molar-refractivity contribution in [2.45, 2.75) is 44.6 Å². The maximum Gasteiger partial charge on any atom is 0.222 e. The van der Waals surface area contributed by atoms with Crippen LogP contribution in [0.1, 0.15) is 38.5 Å². The number of nitrogens with one attached hydrogen (secondary N) is 2. The molecule has 0 aromatic rings. The van der Waals surface area contributed by atoms with Crippen LogP contribution in [-0.2, 0) is 4.79 Å². The Labute approximate surface area is 110 Å². The molecule has 0 saturated carbocycles. The second-order valence-corrected chi connectivity index (χ2v) is 5.67. The summed E-state index contributed by atoms with van der Waals surface area (Å²) in [6.45, 7) is 4.60. The maximum atomic E-state index is 11.5. The van der Waals surface area contributed by atoms with Gasteiger partial charge in [-0.3, -0.25) is 4.79 Å². The highest BCUT2D eigenvalue weighted by atomic mass is 16.1. The molecular weight excluding hydrogens is 226 g/mol. The quantitative estimate of drug-likeness (QED) is 0.767. The Bertz CT molecular complexity index is 256. The largest absolute Gasteiger partial charge is 0.359 e. The highest BCUT2D eigenvalue weighted by Crippen LogP contribution is 2.18. The minimum atomic E-state index is 0.227. The van der Waals surface area contributed by atoms with Gasteiger partial charge in [-0.25, -0.2) is 0 Å². The summed E-state index contributed by atoms with van der Waals surface area (Å²) < 4.78 is 0. The molecule has 4 heteroatoms. The topological polar surface area (TPSA) is 44.4 Å². The van der Waals surface area contributed by atoms with Gasteiger partial charge in [0.1, 0.15) is 0 Å². The van der Waals surface area contributed by atoms with E-state index in [9.17, 15) is 4.79 Å². The average molecular weight is 253 g/mol. The molecule has 2 aliphatic heterocycles. The van der Waals surface area contributed by atoms with E-state index in [-0.39, 0.29) is 11.8 Å². The third kappa shape index (κ3) is 3.95. The summed E-state index contributed by atoms with van der Waals surface area (Å²) in [5.74, 6) is 0.479. The molecule has 2 heterocycles. The van der Waals surface area contributed by atoms with Crippen molar-refractivity contribution in [2.75, 3.05) is 33.2 Å². The van der Waals surface area contributed by atoms with Crippen LogP contribution in [0.4, 0.5) is 0 Å². The number of likely N-dealkylation sites (tertiary alicyclic amines) is 1. The lowest BCUT2D eigenvalue weighted by Gasteiger charge is -2.31. The zero-order valence-electron chi connectivity index (χ0n) is 11.6. The fourth-order valence-corrected chi connectivity index (χ4v) is 3.19. The SMILES string of the molecule is CNC(=O)C1CCN(CCCC2CCCN2)CC1. The predicted octanol–water partition coefficient (Wildman–Crippen LogP) is 0.977. The molecule has 2 aliphatic rings. The van der Waals surface area contributed by atoms with Gasteiger partial charge in [-0.15, -0.1) is 0 Å². The van der Waals surface area contributed by atoms with Crippen LogP contribution in [-0.4, -0.2) is 50.1 Å². The van der Waals surface area contributed by atoms with Crippen molar-refractivity contribution in [3.8, 4) is 0 Å². The molecule has 1 amide bonds. The summed E-state index contributed by atoms with van der Waals surface area (Å²) in [5.41, 5.74) is 0. The van der Waals surface area contributed by atoms with Gasteiger partial charge in [0.05, 0.1) is 0 Å². The molecule has 1 atom stereocenters. The number of amides is 1. The Morgan fingerprint density at radius 1 is 1.33 bits per heavy atom. The number of carbonyl (C=O) groups excluding carboxylic acids is 1. The summed E-state index contributed by atoms with van der Waals surface area (Å²) in [6, 6.07) is 0.772. The highest BCUT2D eigenvalue weighted by molar-refractivity contribution is 5.78. The molecular formula is C14H27N3O. The molecule has 1 unspecified atom stereocenters. The van der Waals surface area contributed by atoms with Crippen LogP contribution in [0, 0.1) is 5.92 Å². The minimum absolute atomic E-state index is 0.227. The van der Waals surface area contributed by atoms with E-state index in [4.69, 9.17) is 0 Å². The van der Waals surface area contributed by atoms with Crippen molar-refractivity contribution in [2.24, 2.45) is 5.92 Å². The van der Waals surface area contributed by atoms with Crippen LogP contribution in [0.2, 0.25) is 0 Å². The fraction of sp³-hybridized carbons (Fsp3) is 0.929. The summed E-state index contributed by atoms with van der Waals surface area (Å²) in [6.07, 6.45) is 7.38. The van der Waals surface area contributed by atoms with Crippen LogP contribution in [0.3, 0.4) is 0 Å². The predicted molar refractivity (Wildman–Crippen MR) is 73.5 cm³/mol. The van der Waals surface area contributed by atoms with Crippen molar-refractivity contribution >= 4 is 5.91 Å². The van der Waals surface area contributed by atoms with Gasteiger partial charge < -0.3 is 15.5 Å². The van der Waals surface area contributed by atoms with E-state index in [2.05, 4.69) is 15.5 Å². The van der Waals surface area contributed by atoms with Crippen molar-refractivity contribution in [3.05, 3.63) is 0 Å². The molecule has 104 valence electrons. The molecule has 0 aliphatic carbocycles. The van der Waals surface area contributed by atoms with E-state index in [0.29, 0.717) is 0 Å². The second kappa shape index (κ2) is 7.10. The summed E-state index contributed by atoms with van der Waals surface area (Å²) >= 11 is 0. The normalized spacial score (nSPS) is 26.4. The lowest BCUT2D eigenvalue weighted by molar-refractivity contribution is -0.125. The monoisotopic (exact) mass is 253 g/mol. The van der Waals surface area contributed by atoms with Gasteiger partial charge in [0, 0.05) is 19.0 Å². The first-order valence-corrected chi connectivity index (χ1v) is 7.47. The molecule has 0 aromatic heterocycles. The lowest BCUT2D eigenvalue weighted by Crippen LogP contribution is -2.40. The smallest absolute Gasteiger partial charge is 0.222 e. The maximum absolute atomic E-state index is 11.5. The average Bonchev–Trinajstić information content (AvgIpc) is 2.92. The standard InChI is InChI=1S/C14H27N3O/c1-15-14(18)12-6-10-17(11-7-12)9-3-5-13-4-2-8-16-13/h12-13,16H,2-11H2,1H3,(H,15,18). The number of carbonyl (C=O) groups is 1. The number of piperidine rings is 1. The summed E-state index contributed by atoms with van der Waals surface area (Å²) in [7, 11) is 1.74. The fourth-order valence-electron chi connectivity index (χ4n) is 3.19. The van der Waals surface area contributed by atoms with Crippen LogP contribution < -0.4 is 10.6 Å². The molecule has 18 heavy (non-hydrogen) atoms. The molecule has 2 saturated heterocycles. The molecule has 2 N–H and O–H groups in total. The van der Waals surface area contributed by atoms with Gasteiger partial charge in [-0.1, -0.05) is 0 Å². The Hall–Kier alpha value is -0.610. The minimum Gasteiger partial charge on any atom is -0.359 e. The van der Waals surface area contributed by atoms with E-state index in [1.54, 1.807) is 7.05 Å². The number of hydrogen-bond donors (Lipinski definition) is 2. The first-order chi connectivity index (χ1) is 8.79. The van der Waals surface area contributed by atoms with Gasteiger partial charge in [0.15, 0.2) is 0 Å². The second-order valence-electron chi connectivity index (χ2n) is 5.67. The zero-order valence-corrected chi connectivity index (χ0v) is 11.6. The number of hydrogen-bond acceptors (Lipinski definition) is 3. The molecule has 0 spiro atoms. The summed E-state index contributed by atoms with van der Waals surface area (Å²) in [4.78, 5) is 14.0. The van der Waals surface area contributed by atoms with E-state index in [1.807, 2.05) is 0 Å². The van der Waals surface area contributed by atoms with Crippen molar-refractivity contribution < 1.29 is 4.79 Å². The Morgan fingerprint density at radius 2 is 2.11 bits per heavy atom. The molecule has 2 rings (SSSR count).